The van der Waals surface area contributed by atoms with Crippen LogP contribution < -0.4 is 10.6 Å². The van der Waals surface area contributed by atoms with E-state index in [4.69, 9.17) is 21.1 Å². The van der Waals surface area contributed by atoms with Gasteiger partial charge in [-0.25, -0.2) is 4.98 Å². The Kier molecular flexibility index (Phi) is 4.97. The van der Waals surface area contributed by atoms with Crippen molar-refractivity contribution in [1.82, 2.24) is 24.6 Å². The fraction of sp³-hybridized carbons (Fsp3) is 0.318. The zero-order valence-electron chi connectivity index (χ0n) is 18.0. The Morgan fingerprint density at radius 2 is 1.79 bits per heavy atom. The molecule has 3 aliphatic rings. The van der Waals surface area contributed by atoms with Gasteiger partial charge in [0.05, 0.1) is 54.5 Å². The van der Waals surface area contributed by atoms with Crippen LogP contribution in [-0.2, 0) is 16.5 Å². The van der Waals surface area contributed by atoms with Crippen molar-refractivity contribution >= 4 is 40.9 Å². The van der Waals surface area contributed by atoms with E-state index in [-0.39, 0.29) is 30.6 Å². The minimum absolute atomic E-state index is 0.199. The number of halogens is 1. The number of carbonyl (C=O) groups is 2. The number of imide groups is 1. The number of aromatic nitrogens is 4. The molecular formula is C22H20ClN7O4. The first-order chi connectivity index (χ1) is 16.5. The van der Waals surface area contributed by atoms with Gasteiger partial charge in [-0.05, 0) is 12.1 Å². The molecule has 174 valence electrons. The molecule has 1 aromatic carbocycles. The summed E-state index contributed by atoms with van der Waals surface area (Å²) in [7, 11) is 1.81. The Balaban J connectivity index is 1.18. The third-order valence-corrected chi connectivity index (χ3v) is 6.49. The van der Waals surface area contributed by atoms with Crippen LogP contribution in [0.25, 0.3) is 0 Å². The van der Waals surface area contributed by atoms with Gasteiger partial charge >= 0.3 is 0 Å². The number of nitrogens with one attached hydrogen (secondary N) is 2. The number of hydrogen-bond acceptors (Lipinski definition) is 9. The van der Waals surface area contributed by atoms with E-state index in [0.29, 0.717) is 34.5 Å². The van der Waals surface area contributed by atoms with Crippen LogP contribution in [0.2, 0.25) is 5.02 Å². The van der Waals surface area contributed by atoms with Gasteiger partial charge in [-0.15, -0.1) is 0 Å². The van der Waals surface area contributed by atoms with E-state index in [0.717, 1.165) is 5.69 Å². The molecule has 4 atom stereocenters. The summed E-state index contributed by atoms with van der Waals surface area (Å²) in [5.41, 5.74) is 1.55. The number of carbonyl (C=O) groups excluding carboxylic acids is 2. The molecular weight excluding hydrogens is 462 g/mol. The number of ether oxygens (including phenoxy) is 2. The van der Waals surface area contributed by atoms with Gasteiger partial charge in [0.15, 0.2) is 5.82 Å². The second-order valence-corrected chi connectivity index (χ2v) is 8.77. The highest BCUT2D eigenvalue weighted by Gasteiger charge is 2.54. The summed E-state index contributed by atoms with van der Waals surface area (Å²) in [4.78, 5) is 35.8. The predicted octanol–water partition coefficient (Wildman–Crippen LogP) is 1.85. The summed E-state index contributed by atoms with van der Waals surface area (Å²) in [6.45, 7) is 0.505. The van der Waals surface area contributed by atoms with E-state index < -0.39 is 12.1 Å². The first-order valence-corrected chi connectivity index (χ1v) is 11.1. The topological polar surface area (TPSA) is 124 Å². The van der Waals surface area contributed by atoms with Crippen molar-refractivity contribution in [3.05, 3.63) is 59.0 Å². The van der Waals surface area contributed by atoms with Crippen LogP contribution in [0.4, 0.5) is 17.5 Å². The first-order valence-electron chi connectivity index (χ1n) is 10.7. The molecule has 5 heterocycles. The first kappa shape index (κ1) is 21.0. The molecule has 2 saturated heterocycles. The number of amides is 2. The van der Waals surface area contributed by atoms with Gasteiger partial charge in [0.1, 0.15) is 17.2 Å². The van der Waals surface area contributed by atoms with Crippen LogP contribution in [0.1, 0.15) is 20.7 Å². The van der Waals surface area contributed by atoms with E-state index in [2.05, 4.69) is 25.7 Å². The molecule has 11 nitrogen and oxygen atoms in total. The van der Waals surface area contributed by atoms with Crippen LogP contribution in [0.15, 0.2) is 42.9 Å². The molecule has 0 radical (unpaired) electrons. The number of hydrogen-bond donors (Lipinski definition) is 2. The lowest BCUT2D eigenvalue weighted by molar-refractivity contribution is 0.0316. The van der Waals surface area contributed by atoms with E-state index in [1.807, 2.05) is 7.05 Å². The molecule has 0 bridgehead atoms. The smallest absolute Gasteiger partial charge is 0.261 e. The molecule has 0 aliphatic carbocycles. The maximum atomic E-state index is 12.9. The fourth-order valence-corrected chi connectivity index (χ4v) is 4.80. The Bertz CT molecular complexity index is 1260. The normalized spacial score (nSPS) is 25.5. The maximum Gasteiger partial charge on any atom is 0.261 e. The molecule has 34 heavy (non-hydrogen) atoms. The number of rotatable bonds is 5. The second kappa shape index (κ2) is 8.05. The molecule has 12 heteroatoms. The lowest BCUT2D eigenvalue weighted by Gasteiger charge is -2.25. The largest absolute Gasteiger partial charge is 0.371 e. The van der Waals surface area contributed by atoms with Gasteiger partial charge in [0, 0.05) is 13.2 Å². The predicted molar refractivity (Wildman–Crippen MR) is 121 cm³/mol. The summed E-state index contributed by atoms with van der Waals surface area (Å²) in [6, 6.07) is 6.04. The van der Waals surface area contributed by atoms with Crippen LogP contribution in [0.5, 0.6) is 0 Å². The molecule has 2 aromatic heterocycles. The van der Waals surface area contributed by atoms with Crippen molar-refractivity contribution in [2.75, 3.05) is 23.8 Å². The summed E-state index contributed by atoms with van der Waals surface area (Å²) >= 11 is 6.34. The molecule has 2 amide bonds. The molecule has 2 fully saturated rings. The van der Waals surface area contributed by atoms with Gasteiger partial charge in [0.2, 0.25) is 5.95 Å². The van der Waals surface area contributed by atoms with E-state index >= 15 is 0 Å². The van der Waals surface area contributed by atoms with Gasteiger partial charge < -0.3 is 20.1 Å². The third-order valence-electron chi connectivity index (χ3n) is 6.21. The Hall–Kier alpha value is -3.54. The average Bonchev–Trinajstić information content (AvgIpc) is 3.58. The van der Waals surface area contributed by atoms with Crippen LogP contribution in [0.3, 0.4) is 0 Å². The van der Waals surface area contributed by atoms with Gasteiger partial charge in [-0.2, -0.15) is 10.1 Å². The molecule has 2 unspecified atom stereocenters. The standard InChI is InChI=1S/C22H20ClN7O4/c1-29-8-11(6-25-29)26-22-24-7-14(23)19(28-22)27-15-9-33-18-16(10-34-17(15)18)30-20(31)12-4-2-3-5-13(12)21(30)32/h2-8,15-18H,9-10H2,1H3,(H2,24,26,27,28)/t15-,16+,17?,18?/m1/s1. The van der Waals surface area contributed by atoms with Crippen molar-refractivity contribution in [2.24, 2.45) is 7.05 Å². The average molecular weight is 482 g/mol. The highest BCUT2D eigenvalue weighted by Crippen LogP contribution is 2.36. The third kappa shape index (κ3) is 3.40. The van der Waals surface area contributed by atoms with Crippen molar-refractivity contribution < 1.29 is 19.1 Å². The van der Waals surface area contributed by atoms with Gasteiger partial charge in [0.25, 0.3) is 11.8 Å². The van der Waals surface area contributed by atoms with Crippen LogP contribution >= 0.6 is 11.6 Å². The maximum absolute atomic E-state index is 12.9. The molecule has 0 saturated carbocycles. The summed E-state index contributed by atoms with van der Waals surface area (Å²) in [5.74, 6) is 0.135. The Morgan fingerprint density at radius 3 is 2.50 bits per heavy atom. The van der Waals surface area contributed by atoms with Crippen molar-refractivity contribution in [3.63, 3.8) is 0 Å². The zero-order chi connectivity index (χ0) is 23.4. The van der Waals surface area contributed by atoms with E-state index in [9.17, 15) is 9.59 Å². The minimum Gasteiger partial charge on any atom is -0.371 e. The summed E-state index contributed by atoms with van der Waals surface area (Å²) in [6.07, 6.45) is 4.13. The molecule has 0 spiro atoms. The van der Waals surface area contributed by atoms with Crippen molar-refractivity contribution in [2.45, 2.75) is 24.3 Å². The summed E-state index contributed by atoms with van der Waals surface area (Å²) in [5, 5.41) is 10.8. The summed E-state index contributed by atoms with van der Waals surface area (Å²) < 4.78 is 13.7. The number of benzene rings is 1. The lowest BCUT2D eigenvalue weighted by Crippen LogP contribution is -2.47. The number of fused-ring (bicyclic) bond motifs is 2. The Morgan fingerprint density at radius 1 is 1.06 bits per heavy atom. The van der Waals surface area contributed by atoms with E-state index in [1.54, 1.807) is 41.3 Å². The van der Waals surface area contributed by atoms with E-state index in [1.165, 1.54) is 11.1 Å². The monoisotopic (exact) mass is 481 g/mol. The zero-order valence-corrected chi connectivity index (χ0v) is 18.8. The quantitative estimate of drug-likeness (QED) is 0.525. The second-order valence-electron chi connectivity index (χ2n) is 8.36. The van der Waals surface area contributed by atoms with Crippen molar-refractivity contribution in [3.8, 4) is 0 Å². The SMILES string of the molecule is Cn1cc(Nc2ncc(Cl)c(N[C@@H]3COC4C3OC[C@@H]4N3C(=O)c4ccccc4C3=O)n2)cn1. The van der Waals surface area contributed by atoms with Gasteiger partial charge in [-0.1, -0.05) is 23.7 Å². The number of anilines is 3. The molecule has 2 N–H and O–H groups in total. The number of aryl methyl sites for hydroxylation is 1. The number of nitrogens with zero attached hydrogens (tertiary/aromatic N) is 5. The van der Waals surface area contributed by atoms with Crippen molar-refractivity contribution in [1.29, 1.82) is 0 Å². The highest BCUT2D eigenvalue weighted by atomic mass is 35.5. The molecule has 3 aliphatic heterocycles. The Labute approximate surface area is 199 Å². The fourth-order valence-electron chi connectivity index (χ4n) is 4.65. The lowest BCUT2D eigenvalue weighted by atomic mass is 10.0. The van der Waals surface area contributed by atoms with Crippen LogP contribution in [0, 0.1) is 0 Å². The molecule has 3 aromatic rings. The highest BCUT2D eigenvalue weighted by molar-refractivity contribution is 6.32. The molecule has 6 rings (SSSR count). The minimum atomic E-state index is -0.507. The van der Waals surface area contributed by atoms with Crippen LogP contribution in [-0.4, -0.2) is 74.0 Å². The van der Waals surface area contributed by atoms with Gasteiger partial charge in [-0.3, -0.25) is 19.2 Å².